The summed E-state index contributed by atoms with van der Waals surface area (Å²) in [5, 5.41) is 2.02. The van der Waals surface area contributed by atoms with Gasteiger partial charge in [-0.3, -0.25) is 9.59 Å². The first-order chi connectivity index (χ1) is 7.66. The predicted octanol–water partition coefficient (Wildman–Crippen LogP) is 0.624. The van der Waals surface area contributed by atoms with Crippen molar-refractivity contribution in [3.05, 3.63) is 22.4 Å². The van der Waals surface area contributed by atoms with E-state index in [0.29, 0.717) is 13.1 Å². The van der Waals surface area contributed by atoms with Crippen molar-refractivity contribution in [3.8, 4) is 0 Å². The molecular weight excluding hydrogens is 224 g/mol. The van der Waals surface area contributed by atoms with Crippen molar-refractivity contribution >= 4 is 23.2 Å². The monoisotopic (exact) mass is 238 g/mol. The van der Waals surface area contributed by atoms with Gasteiger partial charge in [0.25, 0.3) is 0 Å². The minimum absolute atomic E-state index is 0.0420. The molecule has 0 aliphatic carbocycles. The fraction of sp³-hybridized carbons (Fsp3) is 0.455. The van der Waals surface area contributed by atoms with E-state index in [9.17, 15) is 9.59 Å². The molecule has 5 heteroatoms. The maximum absolute atomic E-state index is 11.6. The first kappa shape index (κ1) is 11.1. The molecule has 1 atom stereocenters. The van der Waals surface area contributed by atoms with E-state index >= 15 is 0 Å². The van der Waals surface area contributed by atoms with Crippen molar-refractivity contribution in [3.63, 3.8) is 0 Å². The maximum Gasteiger partial charge on any atom is 0.223 e. The van der Waals surface area contributed by atoms with Gasteiger partial charge < -0.3 is 10.6 Å². The molecular formula is C11H14N2O2S. The van der Waals surface area contributed by atoms with Crippen LogP contribution in [0.3, 0.4) is 0 Å². The number of hydrogen-bond acceptors (Lipinski definition) is 3. The van der Waals surface area contributed by atoms with E-state index < -0.39 is 0 Å². The first-order valence-corrected chi connectivity index (χ1v) is 6.14. The zero-order valence-corrected chi connectivity index (χ0v) is 9.70. The molecule has 86 valence electrons. The lowest BCUT2D eigenvalue weighted by Gasteiger charge is -2.15. The Morgan fingerprint density at radius 2 is 2.44 bits per heavy atom. The Kier molecular flexibility index (Phi) is 3.24. The molecule has 1 saturated heterocycles. The van der Waals surface area contributed by atoms with Gasteiger partial charge in [-0.05, 0) is 17.9 Å². The van der Waals surface area contributed by atoms with Crippen molar-refractivity contribution in [2.75, 3.05) is 13.1 Å². The fourth-order valence-electron chi connectivity index (χ4n) is 1.88. The summed E-state index contributed by atoms with van der Waals surface area (Å²) in [7, 11) is 0. The zero-order valence-electron chi connectivity index (χ0n) is 8.89. The molecule has 0 aromatic carbocycles. The Morgan fingerprint density at radius 1 is 1.62 bits per heavy atom. The number of hydrogen-bond donors (Lipinski definition) is 1. The summed E-state index contributed by atoms with van der Waals surface area (Å²) >= 11 is 1.69. The topological polar surface area (TPSA) is 63.4 Å². The number of thiophene rings is 1. The lowest BCUT2D eigenvalue weighted by atomic mass is 10.1. The normalized spacial score (nSPS) is 20.4. The quantitative estimate of drug-likeness (QED) is 0.836. The predicted molar refractivity (Wildman–Crippen MR) is 61.9 cm³/mol. The molecule has 1 aliphatic heterocycles. The van der Waals surface area contributed by atoms with E-state index in [1.54, 1.807) is 16.2 Å². The van der Waals surface area contributed by atoms with E-state index in [-0.39, 0.29) is 24.2 Å². The molecule has 4 nitrogen and oxygen atoms in total. The number of amides is 2. The number of carbonyl (C=O) groups is 2. The standard InChI is InChI=1S/C11H14N2O2S/c12-11(15)8-6-10(14)13(7-8)4-3-9-2-1-5-16-9/h1-2,5,8H,3-4,6-7H2,(H2,12,15). The first-order valence-electron chi connectivity index (χ1n) is 5.26. The van der Waals surface area contributed by atoms with Crippen LogP contribution in [0.4, 0.5) is 0 Å². The highest BCUT2D eigenvalue weighted by atomic mass is 32.1. The largest absolute Gasteiger partial charge is 0.369 e. The van der Waals surface area contributed by atoms with E-state index in [4.69, 9.17) is 5.73 Å². The average Bonchev–Trinajstić information content (AvgIpc) is 2.84. The second kappa shape index (κ2) is 4.65. The van der Waals surface area contributed by atoms with Gasteiger partial charge in [-0.2, -0.15) is 0 Å². The van der Waals surface area contributed by atoms with E-state index in [1.165, 1.54) is 4.88 Å². The number of likely N-dealkylation sites (tertiary alicyclic amines) is 1. The SMILES string of the molecule is NC(=O)C1CC(=O)N(CCc2cccs2)C1. The van der Waals surface area contributed by atoms with Crippen LogP contribution < -0.4 is 5.73 Å². The number of nitrogens with two attached hydrogens (primary N) is 1. The molecule has 0 radical (unpaired) electrons. The van der Waals surface area contributed by atoms with Crippen LogP contribution >= 0.6 is 11.3 Å². The second-order valence-electron chi connectivity index (χ2n) is 3.97. The van der Waals surface area contributed by atoms with Crippen LogP contribution in [0.15, 0.2) is 17.5 Å². The van der Waals surface area contributed by atoms with Crippen molar-refractivity contribution in [2.24, 2.45) is 11.7 Å². The Balaban J connectivity index is 1.87. The minimum atomic E-state index is -0.369. The molecule has 0 bridgehead atoms. The number of nitrogens with zero attached hydrogens (tertiary/aromatic N) is 1. The van der Waals surface area contributed by atoms with Gasteiger partial charge in [-0.25, -0.2) is 0 Å². The van der Waals surface area contributed by atoms with E-state index in [2.05, 4.69) is 6.07 Å². The Morgan fingerprint density at radius 3 is 3.00 bits per heavy atom. The molecule has 1 aliphatic rings. The molecule has 2 heterocycles. The van der Waals surface area contributed by atoms with Crippen molar-refractivity contribution in [1.29, 1.82) is 0 Å². The summed E-state index contributed by atoms with van der Waals surface area (Å²) in [5.74, 6) is -0.622. The molecule has 2 amide bonds. The number of primary amides is 1. The van der Waals surface area contributed by atoms with Crippen LogP contribution in [0, 0.1) is 5.92 Å². The summed E-state index contributed by atoms with van der Waals surface area (Å²) in [6.45, 7) is 1.17. The highest BCUT2D eigenvalue weighted by Gasteiger charge is 2.32. The third-order valence-electron chi connectivity index (χ3n) is 2.83. The summed E-state index contributed by atoms with van der Waals surface area (Å²) in [6.07, 6.45) is 1.13. The van der Waals surface area contributed by atoms with Gasteiger partial charge in [-0.1, -0.05) is 6.07 Å². The number of carbonyl (C=O) groups excluding carboxylic acids is 2. The van der Waals surface area contributed by atoms with E-state index in [0.717, 1.165) is 6.42 Å². The van der Waals surface area contributed by atoms with E-state index in [1.807, 2.05) is 11.4 Å². The van der Waals surface area contributed by atoms with Crippen LogP contribution in [0.5, 0.6) is 0 Å². The van der Waals surface area contributed by atoms with Crippen LogP contribution in [0.2, 0.25) is 0 Å². The average molecular weight is 238 g/mol. The van der Waals surface area contributed by atoms with Crippen LogP contribution in [0.1, 0.15) is 11.3 Å². The Hall–Kier alpha value is -1.36. The molecule has 1 aromatic heterocycles. The van der Waals surface area contributed by atoms with Gasteiger partial charge in [0.1, 0.15) is 0 Å². The zero-order chi connectivity index (χ0) is 11.5. The minimum Gasteiger partial charge on any atom is -0.369 e. The summed E-state index contributed by atoms with van der Waals surface area (Å²) in [4.78, 5) is 25.5. The van der Waals surface area contributed by atoms with Gasteiger partial charge in [0.15, 0.2) is 0 Å². The third-order valence-corrected chi connectivity index (χ3v) is 3.76. The third kappa shape index (κ3) is 2.41. The molecule has 2 rings (SSSR count). The van der Waals surface area contributed by atoms with Crippen molar-refractivity contribution < 1.29 is 9.59 Å². The maximum atomic E-state index is 11.6. The van der Waals surface area contributed by atoms with Gasteiger partial charge in [0.05, 0.1) is 5.92 Å². The highest BCUT2D eigenvalue weighted by molar-refractivity contribution is 7.09. The summed E-state index contributed by atoms with van der Waals surface area (Å²) in [5.41, 5.74) is 5.20. The van der Waals surface area contributed by atoms with Gasteiger partial charge in [0, 0.05) is 24.4 Å². The highest BCUT2D eigenvalue weighted by Crippen LogP contribution is 2.18. The Labute approximate surface area is 98.0 Å². The molecule has 16 heavy (non-hydrogen) atoms. The van der Waals surface area contributed by atoms with Crippen LogP contribution in [0.25, 0.3) is 0 Å². The molecule has 1 unspecified atom stereocenters. The fourth-order valence-corrected chi connectivity index (χ4v) is 2.58. The molecule has 0 saturated carbocycles. The number of rotatable bonds is 4. The second-order valence-corrected chi connectivity index (χ2v) is 5.00. The summed E-state index contributed by atoms with van der Waals surface area (Å²) in [6, 6.07) is 4.05. The molecule has 2 N–H and O–H groups in total. The van der Waals surface area contributed by atoms with Crippen LogP contribution in [-0.4, -0.2) is 29.8 Å². The lowest BCUT2D eigenvalue weighted by molar-refractivity contribution is -0.128. The van der Waals surface area contributed by atoms with Crippen molar-refractivity contribution in [1.82, 2.24) is 4.90 Å². The molecule has 1 aromatic rings. The Bertz CT molecular complexity index is 389. The van der Waals surface area contributed by atoms with Gasteiger partial charge in [0.2, 0.25) is 11.8 Å². The summed E-state index contributed by atoms with van der Waals surface area (Å²) < 4.78 is 0. The molecule has 1 fully saturated rings. The van der Waals surface area contributed by atoms with Crippen molar-refractivity contribution in [2.45, 2.75) is 12.8 Å². The smallest absolute Gasteiger partial charge is 0.223 e. The van der Waals surface area contributed by atoms with Gasteiger partial charge >= 0.3 is 0 Å². The molecule has 0 spiro atoms. The lowest BCUT2D eigenvalue weighted by Crippen LogP contribution is -2.30. The van der Waals surface area contributed by atoms with Crippen LogP contribution in [-0.2, 0) is 16.0 Å². The van der Waals surface area contributed by atoms with Gasteiger partial charge in [-0.15, -0.1) is 11.3 Å².